The fourth-order valence-corrected chi connectivity index (χ4v) is 15.5. The van der Waals surface area contributed by atoms with Gasteiger partial charge < -0.3 is 56.8 Å². The van der Waals surface area contributed by atoms with E-state index < -0.39 is 0 Å². The zero-order chi connectivity index (χ0) is 62.9. The Hall–Kier alpha value is -2.90. The second-order valence-corrected chi connectivity index (χ2v) is 29.0. The van der Waals surface area contributed by atoms with Gasteiger partial charge in [0.2, 0.25) is 17.7 Å². The third kappa shape index (κ3) is 34.2. The number of hydrogen-bond donors (Lipinski definition) is 5. The number of piperidine rings is 6. The van der Waals surface area contributed by atoms with Gasteiger partial charge in [0.1, 0.15) is 17.3 Å². The summed E-state index contributed by atoms with van der Waals surface area (Å²) in [5, 5.41) is 9.12. The Morgan fingerprint density at radius 1 is 0.258 bits per heavy atom. The monoisotopic (exact) mass is 1250 g/mol. The number of Topliss-reactive ketones (excluding diaryl/α,β-unsaturated/α-hetero) is 3. The minimum Gasteiger partial charge on any atom is -0.356 e. The van der Waals surface area contributed by atoms with E-state index in [4.69, 9.17) is 11.5 Å². The summed E-state index contributed by atoms with van der Waals surface area (Å²) >= 11 is 0. The molecule has 512 valence electrons. The Bertz CT molecular complexity index is 1780. The van der Waals surface area contributed by atoms with Crippen molar-refractivity contribution in [2.75, 3.05) is 151 Å². The summed E-state index contributed by atoms with van der Waals surface area (Å²) in [7, 11) is 0. The lowest BCUT2D eigenvalue weighted by molar-refractivity contribution is -0.122. The summed E-state index contributed by atoms with van der Waals surface area (Å²) in [6, 6.07) is 0. The smallest absolute Gasteiger partial charge is 0.221 e. The fourth-order valence-electron chi connectivity index (χ4n) is 15.5. The fraction of sp³-hybridized carbons (Fsp3) is 0.917. The van der Waals surface area contributed by atoms with E-state index in [1.54, 1.807) is 0 Å². The molecule has 6 saturated heterocycles. The van der Waals surface area contributed by atoms with E-state index in [0.717, 1.165) is 198 Å². The standard InChI is InChI=1S/C72H133N11O6/c73-38-5-4-19-69(86)34-57-80-47-24-62(25-48-80)12-6-11-61-20-43-78(44-21-61)55-32-67(84)17-2-1-3-18-68(85)33-56-79-45-22-63(23-46-79)13-7-14-64-28-51-82(52-29-64)59-36-71(88)76-41-10-42-77-72(89)37-60-83-53-30-66(31-54-83)16-8-15-65-26-49-81(50-27-65)58-35-70(87)75-40-9-39-74/h61-66H,1-60,73-74H2,(H,75,87)(H,76,88)(H,77,89). The van der Waals surface area contributed by atoms with E-state index in [9.17, 15) is 28.8 Å². The van der Waals surface area contributed by atoms with Crippen molar-refractivity contribution < 1.29 is 28.8 Å². The van der Waals surface area contributed by atoms with Gasteiger partial charge in [0, 0.05) is 117 Å². The number of hydrogen-bond acceptors (Lipinski definition) is 14. The third-order valence-corrected chi connectivity index (χ3v) is 22.0. The Morgan fingerprint density at radius 2 is 0.483 bits per heavy atom. The van der Waals surface area contributed by atoms with Gasteiger partial charge in [-0.2, -0.15) is 0 Å². The van der Waals surface area contributed by atoms with Crippen molar-refractivity contribution in [1.82, 2.24) is 45.3 Å². The predicted molar refractivity (Wildman–Crippen MR) is 363 cm³/mol. The van der Waals surface area contributed by atoms with Crippen LogP contribution in [0.2, 0.25) is 0 Å². The quantitative estimate of drug-likeness (QED) is 0.0361. The lowest BCUT2D eigenvalue weighted by Crippen LogP contribution is -2.38. The molecular weight excluding hydrogens is 1110 g/mol. The molecule has 0 saturated carbocycles. The van der Waals surface area contributed by atoms with Crippen LogP contribution in [-0.4, -0.2) is 215 Å². The minimum atomic E-state index is 0.112. The number of ketones is 3. The van der Waals surface area contributed by atoms with Crippen LogP contribution in [0.15, 0.2) is 0 Å². The number of carbonyl (C=O) groups is 6. The number of nitrogens with one attached hydrogen (secondary N) is 3. The van der Waals surface area contributed by atoms with E-state index in [-0.39, 0.29) is 17.7 Å². The highest BCUT2D eigenvalue weighted by molar-refractivity contribution is 5.79. The maximum Gasteiger partial charge on any atom is 0.221 e. The van der Waals surface area contributed by atoms with Crippen LogP contribution in [0.5, 0.6) is 0 Å². The Labute approximate surface area is 541 Å². The number of likely N-dealkylation sites (tertiary alicyclic amines) is 6. The topological polar surface area (TPSA) is 210 Å². The van der Waals surface area contributed by atoms with Gasteiger partial charge >= 0.3 is 0 Å². The molecule has 0 atom stereocenters. The molecule has 0 aliphatic carbocycles. The number of amides is 3. The van der Waals surface area contributed by atoms with Crippen molar-refractivity contribution in [2.45, 2.75) is 238 Å². The molecule has 0 radical (unpaired) electrons. The van der Waals surface area contributed by atoms with E-state index in [2.05, 4.69) is 45.3 Å². The number of carbonyl (C=O) groups excluding carboxylic acids is 6. The molecule has 6 fully saturated rings. The lowest BCUT2D eigenvalue weighted by Gasteiger charge is -2.33. The summed E-state index contributed by atoms with van der Waals surface area (Å²) in [4.78, 5) is 89.9. The van der Waals surface area contributed by atoms with E-state index >= 15 is 0 Å². The molecule has 0 aromatic rings. The Balaban J connectivity index is 0.640. The van der Waals surface area contributed by atoms with Crippen LogP contribution in [0, 0.1) is 35.5 Å². The van der Waals surface area contributed by atoms with Crippen LogP contribution < -0.4 is 27.4 Å². The molecule has 89 heavy (non-hydrogen) atoms. The highest BCUT2D eigenvalue weighted by Gasteiger charge is 2.27. The molecule has 0 aromatic carbocycles. The molecule has 0 bridgehead atoms. The molecule has 3 amide bonds. The highest BCUT2D eigenvalue weighted by Crippen LogP contribution is 2.31. The molecule has 6 aliphatic heterocycles. The predicted octanol–water partition coefficient (Wildman–Crippen LogP) is 8.98. The van der Waals surface area contributed by atoms with Crippen molar-refractivity contribution in [3.05, 3.63) is 0 Å². The van der Waals surface area contributed by atoms with Gasteiger partial charge in [0.05, 0.1) is 0 Å². The second-order valence-electron chi connectivity index (χ2n) is 29.0. The van der Waals surface area contributed by atoms with Crippen molar-refractivity contribution in [2.24, 2.45) is 47.0 Å². The molecule has 7 N–H and O–H groups in total. The average Bonchev–Trinajstić information content (AvgIpc) is 3.63. The number of nitrogens with two attached hydrogens (primary N) is 2. The number of unbranched alkanes of at least 4 members (excludes halogenated alkanes) is 3. The van der Waals surface area contributed by atoms with E-state index in [1.165, 1.54) is 135 Å². The first-order chi connectivity index (χ1) is 43.5. The van der Waals surface area contributed by atoms with Crippen molar-refractivity contribution in [3.8, 4) is 0 Å². The van der Waals surface area contributed by atoms with Crippen molar-refractivity contribution in [1.29, 1.82) is 0 Å². The van der Waals surface area contributed by atoms with Crippen LogP contribution >= 0.6 is 0 Å². The molecule has 17 heteroatoms. The molecule has 0 unspecified atom stereocenters. The molecule has 6 aliphatic rings. The zero-order valence-electron chi connectivity index (χ0n) is 56.7. The normalized spacial score (nSPS) is 20.3. The summed E-state index contributed by atoms with van der Waals surface area (Å²) < 4.78 is 0. The summed E-state index contributed by atoms with van der Waals surface area (Å²) in [6.45, 7) is 21.9. The number of rotatable bonds is 47. The molecule has 6 heterocycles. The average molecular weight is 1250 g/mol. The van der Waals surface area contributed by atoms with Gasteiger partial charge in [-0.25, -0.2) is 0 Å². The maximum atomic E-state index is 12.8. The van der Waals surface area contributed by atoms with E-state index in [1.807, 2.05) is 0 Å². The van der Waals surface area contributed by atoms with Crippen LogP contribution in [0.3, 0.4) is 0 Å². The van der Waals surface area contributed by atoms with Gasteiger partial charge in [-0.15, -0.1) is 0 Å². The molecule has 0 spiro atoms. The highest BCUT2D eigenvalue weighted by atomic mass is 16.2. The summed E-state index contributed by atoms with van der Waals surface area (Å²) in [5.41, 5.74) is 11.1. The van der Waals surface area contributed by atoms with Crippen molar-refractivity contribution in [3.63, 3.8) is 0 Å². The molecular formula is C72H133N11O6. The first-order valence-electron chi connectivity index (χ1n) is 37.6. The van der Waals surface area contributed by atoms with Gasteiger partial charge in [-0.05, 0) is 243 Å². The molecule has 17 nitrogen and oxygen atoms in total. The first kappa shape index (κ1) is 75.1. The van der Waals surface area contributed by atoms with Crippen molar-refractivity contribution >= 4 is 35.1 Å². The third-order valence-electron chi connectivity index (χ3n) is 22.0. The SMILES string of the molecule is NCCCCC(=O)CCN1CCC(CCCC2CCN(CCC(=O)CCCCCC(=O)CCN3CCC(CCCC4CCN(CCC(=O)NCCCNC(=O)CCN5CCC(CCCC6CCN(CCC(=O)NCCCN)CC6)CC5)CC4)CC3)CC2)CC1. The van der Waals surface area contributed by atoms with Gasteiger partial charge in [-0.1, -0.05) is 64.2 Å². The lowest BCUT2D eigenvalue weighted by atomic mass is 9.86. The van der Waals surface area contributed by atoms with Gasteiger partial charge in [-0.3, -0.25) is 28.8 Å². The van der Waals surface area contributed by atoms with E-state index in [0.29, 0.717) is 108 Å². The maximum absolute atomic E-state index is 12.8. The van der Waals surface area contributed by atoms with Crippen LogP contribution in [-0.2, 0) is 28.8 Å². The Kier molecular flexibility index (Phi) is 39.0. The molecule has 0 aromatic heterocycles. The van der Waals surface area contributed by atoms with Crippen LogP contribution in [0.25, 0.3) is 0 Å². The first-order valence-corrected chi connectivity index (χ1v) is 37.6. The summed E-state index contributed by atoms with van der Waals surface area (Å²) in [6.07, 6.45) is 39.1. The van der Waals surface area contributed by atoms with Crippen LogP contribution in [0.4, 0.5) is 0 Å². The second kappa shape index (κ2) is 46.2. The number of nitrogens with zero attached hydrogens (tertiary/aromatic N) is 6. The minimum absolute atomic E-state index is 0.112. The molecule has 6 rings (SSSR count). The van der Waals surface area contributed by atoms with Crippen LogP contribution in [0.1, 0.15) is 238 Å². The summed E-state index contributed by atoms with van der Waals surface area (Å²) in [5.74, 6) is 6.48. The Morgan fingerprint density at radius 3 is 0.730 bits per heavy atom. The zero-order valence-corrected chi connectivity index (χ0v) is 56.7. The largest absolute Gasteiger partial charge is 0.356 e. The van der Waals surface area contributed by atoms with Gasteiger partial charge in [0.25, 0.3) is 0 Å². The van der Waals surface area contributed by atoms with Gasteiger partial charge in [0.15, 0.2) is 0 Å².